The van der Waals surface area contributed by atoms with Crippen molar-refractivity contribution < 1.29 is 4.79 Å². The Morgan fingerprint density at radius 1 is 1.55 bits per heavy atom. The van der Waals surface area contributed by atoms with Crippen LogP contribution in [-0.4, -0.2) is 52.4 Å². The van der Waals surface area contributed by atoms with E-state index in [0.29, 0.717) is 23.2 Å². The SMILES string of the molecule is CNc1cnc(C(C)C)nc1C(=O)N(C)C1CCSC1. The Bertz CT molecular complexity index is 486. The van der Waals surface area contributed by atoms with Crippen molar-refractivity contribution in [2.75, 3.05) is 30.9 Å². The van der Waals surface area contributed by atoms with Gasteiger partial charge in [-0.3, -0.25) is 4.79 Å². The molecule has 20 heavy (non-hydrogen) atoms. The van der Waals surface area contributed by atoms with Crippen LogP contribution in [0.4, 0.5) is 5.69 Å². The monoisotopic (exact) mass is 294 g/mol. The molecule has 0 aliphatic carbocycles. The van der Waals surface area contributed by atoms with Crippen molar-refractivity contribution in [1.82, 2.24) is 14.9 Å². The Morgan fingerprint density at radius 2 is 2.30 bits per heavy atom. The number of hydrogen-bond acceptors (Lipinski definition) is 5. The second kappa shape index (κ2) is 6.43. The predicted octanol–water partition coefficient (Wildman–Crippen LogP) is 2.22. The van der Waals surface area contributed by atoms with Gasteiger partial charge in [0.2, 0.25) is 0 Å². The van der Waals surface area contributed by atoms with Gasteiger partial charge in [-0.2, -0.15) is 11.8 Å². The summed E-state index contributed by atoms with van der Waals surface area (Å²) in [6.07, 6.45) is 2.76. The first kappa shape index (κ1) is 15.1. The quantitative estimate of drug-likeness (QED) is 0.922. The molecule has 0 saturated carbocycles. The maximum absolute atomic E-state index is 12.7. The van der Waals surface area contributed by atoms with E-state index in [-0.39, 0.29) is 11.8 Å². The van der Waals surface area contributed by atoms with E-state index in [1.54, 1.807) is 13.2 Å². The summed E-state index contributed by atoms with van der Waals surface area (Å²) in [4.78, 5) is 23.3. The van der Waals surface area contributed by atoms with Gasteiger partial charge in [-0.15, -0.1) is 0 Å². The van der Waals surface area contributed by atoms with Crippen LogP contribution in [0.25, 0.3) is 0 Å². The standard InChI is InChI=1S/C14H22N4OS/c1-9(2)13-16-7-11(15-3)12(17-13)14(19)18(4)10-5-6-20-8-10/h7,9-10,15H,5-6,8H2,1-4H3. The van der Waals surface area contributed by atoms with Gasteiger partial charge >= 0.3 is 0 Å². The summed E-state index contributed by atoms with van der Waals surface area (Å²) < 4.78 is 0. The van der Waals surface area contributed by atoms with E-state index in [9.17, 15) is 4.79 Å². The van der Waals surface area contributed by atoms with Gasteiger partial charge in [0.05, 0.1) is 11.9 Å². The van der Waals surface area contributed by atoms with E-state index in [4.69, 9.17) is 0 Å². The van der Waals surface area contributed by atoms with Crippen molar-refractivity contribution in [3.05, 3.63) is 17.7 Å². The zero-order valence-corrected chi connectivity index (χ0v) is 13.3. The van der Waals surface area contributed by atoms with Crippen molar-refractivity contribution in [1.29, 1.82) is 0 Å². The fourth-order valence-corrected chi connectivity index (χ4v) is 3.45. The van der Waals surface area contributed by atoms with Crippen LogP contribution in [0.1, 0.15) is 42.5 Å². The molecular weight excluding hydrogens is 272 g/mol. The number of carbonyl (C=O) groups excluding carboxylic acids is 1. The molecule has 110 valence electrons. The Hall–Kier alpha value is -1.30. The fraction of sp³-hybridized carbons (Fsp3) is 0.643. The zero-order chi connectivity index (χ0) is 14.7. The van der Waals surface area contributed by atoms with Crippen molar-refractivity contribution in [2.24, 2.45) is 0 Å². The van der Waals surface area contributed by atoms with E-state index < -0.39 is 0 Å². The van der Waals surface area contributed by atoms with Gasteiger partial charge < -0.3 is 10.2 Å². The predicted molar refractivity (Wildman–Crippen MR) is 83.5 cm³/mol. The molecule has 1 atom stereocenters. The maximum Gasteiger partial charge on any atom is 0.274 e. The molecule has 5 nitrogen and oxygen atoms in total. The highest BCUT2D eigenvalue weighted by Crippen LogP contribution is 2.24. The molecule has 2 rings (SSSR count). The molecule has 1 amide bonds. The number of anilines is 1. The smallest absolute Gasteiger partial charge is 0.274 e. The lowest BCUT2D eigenvalue weighted by atomic mass is 10.2. The van der Waals surface area contributed by atoms with Gasteiger partial charge in [-0.25, -0.2) is 9.97 Å². The second-order valence-corrected chi connectivity index (χ2v) is 6.48. The topological polar surface area (TPSA) is 58.1 Å². The summed E-state index contributed by atoms with van der Waals surface area (Å²) in [5.41, 5.74) is 1.17. The molecule has 0 bridgehead atoms. The normalized spacial score (nSPS) is 18.4. The minimum Gasteiger partial charge on any atom is -0.385 e. The van der Waals surface area contributed by atoms with E-state index in [0.717, 1.165) is 17.9 Å². The van der Waals surface area contributed by atoms with E-state index in [1.165, 1.54) is 0 Å². The first-order chi connectivity index (χ1) is 9.54. The van der Waals surface area contributed by atoms with E-state index in [1.807, 2.05) is 37.6 Å². The number of amides is 1. The van der Waals surface area contributed by atoms with Gasteiger partial charge in [-0.05, 0) is 12.2 Å². The van der Waals surface area contributed by atoms with Crippen molar-refractivity contribution in [3.8, 4) is 0 Å². The van der Waals surface area contributed by atoms with Crippen LogP contribution in [0, 0.1) is 0 Å². The molecule has 1 aromatic rings. The highest BCUT2D eigenvalue weighted by molar-refractivity contribution is 7.99. The number of carbonyl (C=O) groups is 1. The Balaban J connectivity index is 2.29. The summed E-state index contributed by atoms with van der Waals surface area (Å²) in [6.45, 7) is 4.06. The molecule has 6 heteroatoms. The molecule has 1 aliphatic rings. The summed E-state index contributed by atoms with van der Waals surface area (Å²) in [5, 5.41) is 3.01. The van der Waals surface area contributed by atoms with Crippen LogP contribution in [-0.2, 0) is 0 Å². The lowest BCUT2D eigenvalue weighted by Crippen LogP contribution is -2.38. The molecule has 1 fully saturated rings. The number of nitrogens with zero attached hydrogens (tertiary/aromatic N) is 3. The molecule has 0 spiro atoms. The first-order valence-electron chi connectivity index (χ1n) is 6.94. The Kier molecular flexibility index (Phi) is 4.86. The lowest BCUT2D eigenvalue weighted by molar-refractivity contribution is 0.0742. The van der Waals surface area contributed by atoms with Gasteiger partial charge in [-0.1, -0.05) is 13.8 Å². The van der Waals surface area contributed by atoms with Crippen LogP contribution in [0.5, 0.6) is 0 Å². The molecule has 1 aromatic heterocycles. The number of rotatable bonds is 4. The molecular formula is C14H22N4OS. The summed E-state index contributed by atoms with van der Waals surface area (Å²) in [5.74, 6) is 3.04. The summed E-state index contributed by atoms with van der Waals surface area (Å²) in [6, 6.07) is 0.315. The van der Waals surface area contributed by atoms with Crippen LogP contribution in [0.3, 0.4) is 0 Å². The van der Waals surface area contributed by atoms with Crippen molar-refractivity contribution >= 4 is 23.4 Å². The Labute approximate surface area is 124 Å². The van der Waals surface area contributed by atoms with Crippen LogP contribution in [0.2, 0.25) is 0 Å². The molecule has 1 unspecified atom stereocenters. The summed E-state index contributed by atoms with van der Waals surface area (Å²) in [7, 11) is 3.66. The van der Waals surface area contributed by atoms with Crippen LogP contribution < -0.4 is 5.32 Å². The van der Waals surface area contributed by atoms with Crippen LogP contribution in [0.15, 0.2) is 6.20 Å². The third kappa shape index (κ3) is 3.06. The molecule has 1 N–H and O–H groups in total. The van der Waals surface area contributed by atoms with Crippen molar-refractivity contribution in [2.45, 2.75) is 32.2 Å². The number of aromatic nitrogens is 2. The minimum atomic E-state index is -0.0221. The van der Waals surface area contributed by atoms with Crippen molar-refractivity contribution in [3.63, 3.8) is 0 Å². The second-order valence-electron chi connectivity index (χ2n) is 5.33. The largest absolute Gasteiger partial charge is 0.385 e. The van der Waals surface area contributed by atoms with Gasteiger partial charge in [0.1, 0.15) is 5.82 Å². The third-order valence-corrected chi connectivity index (χ3v) is 4.71. The molecule has 0 radical (unpaired) electrons. The average molecular weight is 294 g/mol. The van der Waals surface area contributed by atoms with Gasteiger partial charge in [0, 0.05) is 31.8 Å². The van der Waals surface area contributed by atoms with E-state index >= 15 is 0 Å². The first-order valence-corrected chi connectivity index (χ1v) is 8.09. The zero-order valence-electron chi connectivity index (χ0n) is 12.5. The maximum atomic E-state index is 12.7. The highest BCUT2D eigenvalue weighted by Gasteiger charge is 2.27. The third-order valence-electron chi connectivity index (χ3n) is 3.57. The fourth-order valence-electron chi connectivity index (χ4n) is 2.18. The molecule has 0 aromatic carbocycles. The van der Waals surface area contributed by atoms with Gasteiger partial charge in [0.15, 0.2) is 5.69 Å². The number of hydrogen-bond donors (Lipinski definition) is 1. The Morgan fingerprint density at radius 3 is 2.85 bits per heavy atom. The molecule has 2 heterocycles. The number of nitrogens with one attached hydrogen (secondary N) is 1. The average Bonchev–Trinajstić information content (AvgIpc) is 2.99. The highest BCUT2D eigenvalue weighted by atomic mass is 32.2. The lowest BCUT2D eigenvalue weighted by Gasteiger charge is -2.24. The van der Waals surface area contributed by atoms with E-state index in [2.05, 4.69) is 15.3 Å². The molecule has 1 aliphatic heterocycles. The minimum absolute atomic E-state index is 0.0221. The summed E-state index contributed by atoms with van der Waals surface area (Å²) >= 11 is 1.90. The number of thioether (sulfide) groups is 1. The van der Waals surface area contributed by atoms with Gasteiger partial charge in [0.25, 0.3) is 5.91 Å². The van der Waals surface area contributed by atoms with Crippen LogP contribution >= 0.6 is 11.8 Å². The molecule has 1 saturated heterocycles.